The predicted octanol–water partition coefficient (Wildman–Crippen LogP) is 1.98. The molecule has 5 heteroatoms. The first-order valence-corrected chi connectivity index (χ1v) is 5.91. The van der Waals surface area contributed by atoms with Crippen molar-refractivity contribution in [3.63, 3.8) is 0 Å². The van der Waals surface area contributed by atoms with Crippen LogP contribution in [0.4, 0.5) is 0 Å². The van der Waals surface area contributed by atoms with Gasteiger partial charge >= 0.3 is 0 Å². The molecule has 0 atom stereocenters. The molecule has 2 aliphatic rings. The third kappa shape index (κ3) is 1.89. The van der Waals surface area contributed by atoms with Crippen LogP contribution in [0.2, 0.25) is 0 Å². The van der Waals surface area contributed by atoms with Crippen molar-refractivity contribution in [3.05, 3.63) is 52.7 Å². The highest BCUT2D eigenvalue weighted by Crippen LogP contribution is 2.21. The molecule has 0 bridgehead atoms. The van der Waals surface area contributed by atoms with E-state index in [2.05, 4.69) is 9.97 Å². The van der Waals surface area contributed by atoms with Crippen LogP contribution in [0.3, 0.4) is 0 Å². The molecule has 1 aromatic rings. The van der Waals surface area contributed by atoms with Gasteiger partial charge in [-0.3, -0.25) is 9.36 Å². The van der Waals surface area contributed by atoms with Gasteiger partial charge < -0.3 is 9.72 Å². The van der Waals surface area contributed by atoms with Gasteiger partial charge in [-0.25, -0.2) is 4.98 Å². The molecule has 3 rings (SSSR count). The maximum atomic E-state index is 11.9. The predicted molar refractivity (Wildman–Crippen MR) is 72.1 cm³/mol. The first kappa shape index (κ1) is 11.5. The Morgan fingerprint density at radius 3 is 2.68 bits per heavy atom. The standard InChI is InChI=1S/C14H13N3O2/c1-9-14(18)17-8-12(15-7-13(17)16-9)10-3-5-11(19-2)6-4-10/h3-8,15H,1-2H3. The summed E-state index contributed by atoms with van der Waals surface area (Å²) >= 11 is 0. The Labute approximate surface area is 109 Å². The number of aromatic nitrogens is 3. The summed E-state index contributed by atoms with van der Waals surface area (Å²) in [5, 5.41) is 0. The minimum atomic E-state index is -0.0845. The van der Waals surface area contributed by atoms with Crippen molar-refractivity contribution in [2.75, 3.05) is 7.11 Å². The molecular formula is C14H13N3O2. The van der Waals surface area contributed by atoms with E-state index in [9.17, 15) is 4.79 Å². The Hall–Kier alpha value is -2.56. The van der Waals surface area contributed by atoms with E-state index in [1.165, 1.54) is 0 Å². The minimum absolute atomic E-state index is 0.0845. The third-order valence-electron chi connectivity index (χ3n) is 3.07. The Balaban J connectivity index is 2.12. The lowest BCUT2D eigenvalue weighted by Gasteiger charge is -2.07. The Kier molecular flexibility index (Phi) is 2.59. The van der Waals surface area contributed by atoms with Gasteiger partial charge in [0.25, 0.3) is 5.56 Å². The van der Waals surface area contributed by atoms with E-state index in [1.54, 1.807) is 31.0 Å². The zero-order chi connectivity index (χ0) is 13.4. The quantitative estimate of drug-likeness (QED) is 0.761. The highest BCUT2D eigenvalue weighted by atomic mass is 16.5. The number of benzene rings is 1. The number of hydrogen-bond acceptors (Lipinski definition) is 3. The Morgan fingerprint density at radius 2 is 2.00 bits per heavy atom. The maximum Gasteiger partial charge on any atom is 0.277 e. The number of hydrogen-bond donors (Lipinski definition) is 1. The summed E-state index contributed by atoms with van der Waals surface area (Å²) in [6, 6.07) is 7.63. The number of rotatable bonds is 2. The van der Waals surface area contributed by atoms with Gasteiger partial charge in [0.2, 0.25) is 0 Å². The van der Waals surface area contributed by atoms with Gasteiger partial charge in [0.1, 0.15) is 11.4 Å². The van der Waals surface area contributed by atoms with Crippen LogP contribution in [0.15, 0.2) is 41.5 Å². The summed E-state index contributed by atoms with van der Waals surface area (Å²) in [5.74, 6) is 1.42. The summed E-state index contributed by atoms with van der Waals surface area (Å²) in [7, 11) is 1.63. The highest BCUT2D eigenvalue weighted by Gasteiger charge is 2.11. The summed E-state index contributed by atoms with van der Waals surface area (Å²) < 4.78 is 6.67. The fraction of sp³-hybridized carbons (Fsp3) is 0.143. The molecule has 2 heterocycles. The van der Waals surface area contributed by atoms with Gasteiger partial charge in [0, 0.05) is 12.4 Å². The smallest absolute Gasteiger partial charge is 0.277 e. The second kappa shape index (κ2) is 4.28. The Bertz CT molecular complexity index is 740. The van der Waals surface area contributed by atoms with Gasteiger partial charge in [-0.1, -0.05) is 0 Å². The van der Waals surface area contributed by atoms with E-state index < -0.39 is 0 Å². The first-order chi connectivity index (χ1) is 9.19. The van der Waals surface area contributed by atoms with Crippen molar-refractivity contribution >= 4 is 0 Å². The topological polar surface area (TPSA) is 59.9 Å². The van der Waals surface area contributed by atoms with Crippen LogP contribution in [0.1, 0.15) is 5.69 Å². The van der Waals surface area contributed by atoms with E-state index in [4.69, 9.17) is 4.74 Å². The van der Waals surface area contributed by atoms with Crippen LogP contribution < -0.4 is 10.3 Å². The molecule has 0 aromatic heterocycles. The average Bonchev–Trinajstić information content (AvgIpc) is 2.74. The molecule has 96 valence electrons. The number of H-pyrrole nitrogens is 1. The number of methoxy groups -OCH3 is 1. The van der Waals surface area contributed by atoms with Crippen molar-refractivity contribution in [1.82, 2.24) is 14.5 Å². The number of aryl methyl sites for hydroxylation is 1. The second-order valence-corrected chi connectivity index (χ2v) is 4.29. The molecule has 0 amide bonds. The van der Waals surface area contributed by atoms with Crippen LogP contribution >= 0.6 is 0 Å². The number of nitrogens with one attached hydrogen (secondary N) is 1. The van der Waals surface area contributed by atoms with E-state index in [-0.39, 0.29) is 5.56 Å². The lowest BCUT2D eigenvalue weighted by atomic mass is 10.1. The number of ether oxygens (including phenoxy) is 1. The molecule has 0 saturated heterocycles. The molecule has 0 fully saturated rings. The molecule has 0 unspecified atom stereocenters. The van der Waals surface area contributed by atoms with E-state index in [1.807, 2.05) is 24.3 Å². The number of aromatic amines is 1. The Morgan fingerprint density at radius 1 is 1.26 bits per heavy atom. The largest absolute Gasteiger partial charge is 0.497 e. The summed E-state index contributed by atoms with van der Waals surface area (Å²) in [5.41, 5.74) is 2.25. The molecule has 2 aliphatic heterocycles. The highest BCUT2D eigenvalue weighted by molar-refractivity contribution is 5.60. The van der Waals surface area contributed by atoms with Gasteiger partial charge in [0.05, 0.1) is 12.8 Å². The average molecular weight is 255 g/mol. The lowest BCUT2D eigenvalue weighted by molar-refractivity contribution is 0.415. The van der Waals surface area contributed by atoms with E-state index in [0.717, 1.165) is 17.0 Å². The zero-order valence-electron chi connectivity index (χ0n) is 10.7. The first-order valence-electron chi connectivity index (χ1n) is 5.91. The van der Waals surface area contributed by atoms with E-state index in [0.29, 0.717) is 11.5 Å². The molecule has 0 saturated carbocycles. The normalized spacial score (nSPS) is 10.8. The summed E-state index contributed by atoms with van der Waals surface area (Å²) in [6.07, 6.45) is 3.49. The van der Waals surface area contributed by atoms with Crippen LogP contribution in [-0.2, 0) is 0 Å². The van der Waals surface area contributed by atoms with E-state index >= 15 is 0 Å². The fourth-order valence-corrected chi connectivity index (χ4v) is 2.02. The van der Waals surface area contributed by atoms with Gasteiger partial charge in [0.15, 0.2) is 5.82 Å². The zero-order valence-corrected chi connectivity index (χ0v) is 10.7. The summed E-state index contributed by atoms with van der Waals surface area (Å²) in [4.78, 5) is 19.2. The molecule has 0 radical (unpaired) electrons. The SMILES string of the molecule is COc1ccc(-c2cn3c(=O)c(C)nc-3c[nH]2)cc1. The van der Waals surface area contributed by atoms with Crippen molar-refractivity contribution < 1.29 is 4.74 Å². The monoisotopic (exact) mass is 255 g/mol. The molecule has 0 spiro atoms. The van der Waals surface area contributed by atoms with Gasteiger partial charge in [-0.15, -0.1) is 0 Å². The number of nitrogens with zero attached hydrogens (tertiary/aromatic N) is 2. The van der Waals surface area contributed by atoms with Crippen LogP contribution in [0.25, 0.3) is 17.1 Å². The molecule has 0 aliphatic carbocycles. The minimum Gasteiger partial charge on any atom is -0.497 e. The molecule has 1 N–H and O–H groups in total. The van der Waals surface area contributed by atoms with Crippen molar-refractivity contribution in [3.8, 4) is 22.8 Å². The fourth-order valence-electron chi connectivity index (χ4n) is 2.02. The van der Waals surface area contributed by atoms with Gasteiger partial charge in [-0.2, -0.15) is 0 Å². The molecule has 1 aromatic carbocycles. The molecule has 19 heavy (non-hydrogen) atoms. The van der Waals surface area contributed by atoms with Crippen molar-refractivity contribution in [1.29, 1.82) is 0 Å². The van der Waals surface area contributed by atoms with Crippen LogP contribution in [-0.4, -0.2) is 21.6 Å². The third-order valence-corrected chi connectivity index (χ3v) is 3.07. The lowest BCUT2D eigenvalue weighted by Crippen LogP contribution is -2.13. The van der Waals surface area contributed by atoms with Crippen LogP contribution in [0.5, 0.6) is 5.75 Å². The molecule has 5 nitrogen and oxygen atoms in total. The molecular weight excluding hydrogens is 242 g/mol. The van der Waals surface area contributed by atoms with Crippen molar-refractivity contribution in [2.24, 2.45) is 0 Å². The van der Waals surface area contributed by atoms with Gasteiger partial charge in [-0.05, 0) is 36.8 Å². The number of fused-ring (bicyclic) bond motifs is 1. The number of imidazole rings is 1. The van der Waals surface area contributed by atoms with Crippen molar-refractivity contribution in [2.45, 2.75) is 6.92 Å². The second-order valence-electron chi connectivity index (χ2n) is 4.29. The summed E-state index contributed by atoms with van der Waals surface area (Å²) in [6.45, 7) is 1.71. The van der Waals surface area contributed by atoms with Crippen LogP contribution in [0, 0.1) is 6.92 Å². The maximum absolute atomic E-state index is 11.9.